The minimum Gasteiger partial charge on any atom is -0.326 e. The summed E-state index contributed by atoms with van der Waals surface area (Å²) in [5, 5.41) is 5.55. The standard InChI is InChI=1S/C19H22N2O2/c1-4-15-7-5-6-8-17(15)21-19(23)12-18(22)20-16-10-9-13(2)14(3)11-16/h5-11H,4,12H2,1-3H3,(H,20,22)(H,21,23). The Balaban J connectivity index is 1.94. The molecule has 0 heterocycles. The van der Waals surface area contributed by atoms with E-state index in [1.54, 1.807) is 0 Å². The molecule has 0 aliphatic heterocycles. The number of aryl methyl sites for hydroxylation is 3. The molecule has 0 aliphatic rings. The molecule has 120 valence electrons. The van der Waals surface area contributed by atoms with Gasteiger partial charge in [0.2, 0.25) is 11.8 Å². The highest BCUT2D eigenvalue weighted by atomic mass is 16.2. The molecule has 4 nitrogen and oxygen atoms in total. The molecule has 2 aromatic rings. The van der Waals surface area contributed by atoms with Crippen LogP contribution >= 0.6 is 0 Å². The van der Waals surface area contributed by atoms with Crippen molar-refractivity contribution in [3.63, 3.8) is 0 Å². The molecule has 0 saturated heterocycles. The van der Waals surface area contributed by atoms with Crippen molar-refractivity contribution in [3.05, 3.63) is 59.2 Å². The quantitative estimate of drug-likeness (QED) is 0.825. The van der Waals surface area contributed by atoms with Gasteiger partial charge in [0, 0.05) is 11.4 Å². The Labute approximate surface area is 136 Å². The second-order valence-electron chi connectivity index (χ2n) is 5.58. The molecule has 0 fully saturated rings. The largest absolute Gasteiger partial charge is 0.326 e. The van der Waals surface area contributed by atoms with Crippen LogP contribution in [0.3, 0.4) is 0 Å². The van der Waals surface area contributed by atoms with Crippen molar-refractivity contribution in [2.75, 3.05) is 10.6 Å². The third-order valence-corrected chi connectivity index (χ3v) is 3.78. The molecule has 0 radical (unpaired) electrons. The fourth-order valence-electron chi connectivity index (χ4n) is 2.32. The van der Waals surface area contributed by atoms with Gasteiger partial charge >= 0.3 is 0 Å². The van der Waals surface area contributed by atoms with Gasteiger partial charge in [0.25, 0.3) is 0 Å². The van der Waals surface area contributed by atoms with Crippen LogP contribution in [0.2, 0.25) is 0 Å². The Hall–Kier alpha value is -2.62. The zero-order valence-electron chi connectivity index (χ0n) is 13.8. The zero-order chi connectivity index (χ0) is 16.8. The maximum atomic E-state index is 12.0. The Morgan fingerprint density at radius 3 is 2.30 bits per heavy atom. The molecule has 0 saturated carbocycles. The van der Waals surface area contributed by atoms with Gasteiger partial charge in [-0.1, -0.05) is 31.2 Å². The van der Waals surface area contributed by atoms with Crippen molar-refractivity contribution < 1.29 is 9.59 Å². The maximum absolute atomic E-state index is 12.0. The van der Waals surface area contributed by atoms with E-state index in [1.807, 2.05) is 63.2 Å². The van der Waals surface area contributed by atoms with Gasteiger partial charge < -0.3 is 10.6 Å². The Bertz CT molecular complexity index is 723. The SMILES string of the molecule is CCc1ccccc1NC(=O)CC(=O)Nc1ccc(C)c(C)c1. The predicted octanol–water partition coefficient (Wildman–Crippen LogP) is 3.83. The van der Waals surface area contributed by atoms with E-state index >= 15 is 0 Å². The molecule has 0 aromatic heterocycles. The summed E-state index contributed by atoms with van der Waals surface area (Å²) in [5.41, 5.74) is 4.79. The normalized spacial score (nSPS) is 10.2. The first kappa shape index (κ1) is 16.7. The van der Waals surface area contributed by atoms with Crippen molar-refractivity contribution in [3.8, 4) is 0 Å². The molecule has 0 spiro atoms. The molecule has 4 heteroatoms. The van der Waals surface area contributed by atoms with Crippen LogP contribution in [0.15, 0.2) is 42.5 Å². The van der Waals surface area contributed by atoms with E-state index in [9.17, 15) is 9.59 Å². The van der Waals surface area contributed by atoms with Gasteiger partial charge in [0.15, 0.2) is 0 Å². The molecule has 23 heavy (non-hydrogen) atoms. The predicted molar refractivity (Wildman–Crippen MR) is 93.6 cm³/mol. The summed E-state index contributed by atoms with van der Waals surface area (Å²) in [7, 11) is 0. The van der Waals surface area contributed by atoms with Gasteiger partial charge in [0.05, 0.1) is 0 Å². The second kappa shape index (κ2) is 7.58. The molecule has 0 aliphatic carbocycles. The van der Waals surface area contributed by atoms with E-state index in [-0.39, 0.29) is 18.2 Å². The fraction of sp³-hybridized carbons (Fsp3) is 0.263. The minimum absolute atomic E-state index is 0.203. The van der Waals surface area contributed by atoms with Crippen molar-refractivity contribution in [2.45, 2.75) is 33.6 Å². The lowest BCUT2D eigenvalue weighted by molar-refractivity contribution is -0.123. The number of carbonyl (C=O) groups excluding carboxylic acids is 2. The van der Waals surface area contributed by atoms with Gasteiger partial charge in [-0.05, 0) is 55.2 Å². The number of benzene rings is 2. The highest BCUT2D eigenvalue weighted by Gasteiger charge is 2.11. The van der Waals surface area contributed by atoms with E-state index < -0.39 is 0 Å². The summed E-state index contributed by atoms with van der Waals surface area (Å²) < 4.78 is 0. The molecule has 2 aromatic carbocycles. The van der Waals surface area contributed by atoms with Crippen LogP contribution in [0, 0.1) is 13.8 Å². The smallest absolute Gasteiger partial charge is 0.233 e. The number of anilines is 2. The number of hydrogen-bond donors (Lipinski definition) is 2. The first-order chi connectivity index (χ1) is 11.0. The number of hydrogen-bond acceptors (Lipinski definition) is 2. The molecular weight excluding hydrogens is 288 g/mol. The van der Waals surface area contributed by atoms with E-state index in [0.717, 1.165) is 28.8 Å². The zero-order valence-corrected chi connectivity index (χ0v) is 13.8. The Morgan fingerprint density at radius 1 is 0.913 bits per heavy atom. The molecule has 0 bridgehead atoms. The van der Waals surface area contributed by atoms with Crippen molar-refractivity contribution in [2.24, 2.45) is 0 Å². The highest BCUT2D eigenvalue weighted by molar-refractivity contribution is 6.08. The summed E-state index contributed by atoms with van der Waals surface area (Å²) in [6.45, 7) is 6.02. The summed E-state index contributed by atoms with van der Waals surface area (Å²) >= 11 is 0. The van der Waals surface area contributed by atoms with Crippen molar-refractivity contribution >= 4 is 23.2 Å². The summed E-state index contributed by atoms with van der Waals surface area (Å²) in [6, 6.07) is 13.3. The van der Waals surface area contributed by atoms with Crippen molar-refractivity contribution in [1.82, 2.24) is 0 Å². The van der Waals surface area contributed by atoms with Gasteiger partial charge in [-0.15, -0.1) is 0 Å². The van der Waals surface area contributed by atoms with Crippen LogP contribution in [-0.2, 0) is 16.0 Å². The third kappa shape index (κ3) is 4.68. The summed E-state index contributed by atoms with van der Waals surface area (Å²) in [6.07, 6.45) is 0.621. The summed E-state index contributed by atoms with van der Waals surface area (Å²) in [5.74, 6) is -0.632. The van der Waals surface area contributed by atoms with Crippen LogP contribution in [-0.4, -0.2) is 11.8 Å². The molecule has 0 atom stereocenters. The van der Waals surface area contributed by atoms with Gasteiger partial charge in [-0.2, -0.15) is 0 Å². The van der Waals surface area contributed by atoms with Crippen LogP contribution < -0.4 is 10.6 Å². The minimum atomic E-state index is -0.320. The molecular formula is C19H22N2O2. The average Bonchev–Trinajstić information content (AvgIpc) is 2.51. The lowest BCUT2D eigenvalue weighted by atomic mass is 10.1. The van der Waals surface area contributed by atoms with Gasteiger partial charge in [-0.3, -0.25) is 9.59 Å². The van der Waals surface area contributed by atoms with Crippen LogP contribution in [0.25, 0.3) is 0 Å². The number of nitrogens with one attached hydrogen (secondary N) is 2. The Morgan fingerprint density at radius 2 is 1.61 bits per heavy atom. The number of carbonyl (C=O) groups is 2. The first-order valence-electron chi connectivity index (χ1n) is 7.74. The molecule has 2 amide bonds. The van der Waals surface area contributed by atoms with Crippen LogP contribution in [0.4, 0.5) is 11.4 Å². The Kier molecular flexibility index (Phi) is 5.52. The van der Waals surface area contributed by atoms with Crippen LogP contribution in [0.5, 0.6) is 0 Å². The lowest BCUT2D eigenvalue weighted by Gasteiger charge is -2.10. The molecule has 2 N–H and O–H groups in total. The number of amides is 2. The number of para-hydroxylation sites is 1. The molecule has 0 unspecified atom stereocenters. The lowest BCUT2D eigenvalue weighted by Crippen LogP contribution is -2.22. The third-order valence-electron chi connectivity index (χ3n) is 3.78. The first-order valence-corrected chi connectivity index (χ1v) is 7.74. The monoisotopic (exact) mass is 310 g/mol. The summed E-state index contributed by atoms with van der Waals surface area (Å²) in [4.78, 5) is 24.0. The van der Waals surface area contributed by atoms with Crippen LogP contribution in [0.1, 0.15) is 30.0 Å². The molecule has 2 rings (SSSR count). The van der Waals surface area contributed by atoms with Gasteiger partial charge in [-0.25, -0.2) is 0 Å². The van der Waals surface area contributed by atoms with E-state index in [4.69, 9.17) is 0 Å². The van der Waals surface area contributed by atoms with E-state index in [0.29, 0.717) is 5.69 Å². The van der Waals surface area contributed by atoms with Gasteiger partial charge in [0.1, 0.15) is 6.42 Å². The van der Waals surface area contributed by atoms with E-state index in [2.05, 4.69) is 10.6 Å². The van der Waals surface area contributed by atoms with E-state index in [1.165, 1.54) is 0 Å². The highest BCUT2D eigenvalue weighted by Crippen LogP contribution is 2.16. The van der Waals surface area contributed by atoms with Crippen molar-refractivity contribution in [1.29, 1.82) is 0 Å². The second-order valence-corrected chi connectivity index (χ2v) is 5.58. The average molecular weight is 310 g/mol. The number of rotatable bonds is 5. The fourth-order valence-corrected chi connectivity index (χ4v) is 2.32. The topological polar surface area (TPSA) is 58.2 Å². The maximum Gasteiger partial charge on any atom is 0.233 e.